The molecule has 126 valence electrons. The molecule has 2 aliphatic rings. The number of hydrogen-bond acceptors (Lipinski definition) is 4. The molecule has 2 aromatic rings. The van der Waals surface area contributed by atoms with Crippen LogP contribution in [0.4, 0.5) is 0 Å². The molecule has 2 aromatic carbocycles. The van der Waals surface area contributed by atoms with Gasteiger partial charge in [-0.25, -0.2) is 4.79 Å². The molecule has 0 saturated heterocycles. The van der Waals surface area contributed by atoms with Crippen LogP contribution in [0.1, 0.15) is 48.1 Å². The van der Waals surface area contributed by atoms with Crippen molar-refractivity contribution in [2.24, 2.45) is 10.1 Å². The first-order valence-corrected chi connectivity index (χ1v) is 8.38. The summed E-state index contributed by atoms with van der Waals surface area (Å²) in [5.41, 5.74) is 4.54. The lowest BCUT2D eigenvalue weighted by atomic mass is 9.99. The van der Waals surface area contributed by atoms with Gasteiger partial charge in [-0.3, -0.25) is 4.99 Å². The number of hydrogen-bond donors (Lipinski definition) is 1. The van der Waals surface area contributed by atoms with Gasteiger partial charge in [-0.05, 0) is 29.5 Å². The average molecular weight is 334 g/mol. The Labute approximate surface area is 145 Å². The van der Waals surface area contributed by atoms with Crippen LogP contribution in [0.5, 0.6) is 0 Å². The highest BCUT2D eigenvalue weighted by Crippen LogP contribution is 2.33. The summed E-state index contributed by atoms with van der Waals surface area (Å²) in [5, 5.41) is 12.6. The number of benzene rings is 2. The third-order valence-electron chi connectivity index (χ3n) is 4.68. The normalized spacial score (nSPS) is 22.2. The van der Waals surface area contributed by atoms with E-state index in [4.69, 9.17) is 14.9 Å². The van der Waals surface area contributed by atoms with Crippen molar-refractivity contribution in [2.75, 3.05) is 0 Å². The lowest BCUT2D eigenvalue weighted by Crippen LogP contribution is -2.11. The summed E-state index contributed by atoms with van der Waals surface area (Å²) in [6.07, 6.45) is 1.98. The lowest BCUT2D eigenvalue weighted by molar-refractivity contribution is -0.129. The zero-order valence-electron chi connectivity index (χ0n) is 13.6. The molecule has 5 heteroatoms. The predicted molar refractivity (Wildman–Crippen MR) is 94.9 cm³/mol. The molecule has 2 heterocycles. The van der Waals surface area contributed by atoms with E-state index in [0.29, 0.717) is 6.42 Å². The van der Waals surface area contributed by atoms with Gasteiger partial charge in [0, 0.05) is 12.1 Å². The van der Waals surface area contributed by atoms with Crippen molar-refractivity contribution in [3.05, 3.63) is 71.3 Å². The molecule has 0 aromatic heterocycles. The average Bonchev–Trinajstić information content (AvgIpc) is 3.33. The van der Waals surface area contributed by atoms with E-state index in [2.05, 4.69) is 29.4 Å². The Bertz CT molecular complexity index is 841. The maximum Gasteiger partial charge on any atom is 0.353 e. The van der Waals surface area contributed by atoms with Crippen LogP contribution < -0.4 is 0 Å². The van der Waals surface area contributed by atoms with Crippen molar-refractivity contribution in [3.63, 3.8) is 0 Å². The summed E-state index contributed by atoms with van der Waals surface area (Å²) >= 11 is 0. The lowest BCUT2D eigenvalue weighted by Gasteiger charge is -2.11. The van der Waals surface area contributed by atoms with Crippen molar-refractivity contribution in [3.8, 4) is 0 Å². The van der Waals surface area contributed by atoms with Gasteiger partial charge in [0.2, 0.25) is 0 Å². The van der Waals surface area contributed by atoms with E-state index in [0.717, 1.165) is 24.1 Å². The van der Waals surface area contributed by atoms with Crippen LogP contribution in [0, 0.1) is 0 Å². The van der Waals surface area contributed by atoms with Crippen molar-refractivity contribution in [2.45, 2.75) is 31.4 Å². The van der Waals surface area contributed by atoms with E-state index in [1.165, 1.54) is 11.1 Å². The van der Waals surface area contributed by atoms with Crippen LogP contribution in [-0.4, -0.2) is 22.5 Å². The highest BCUT2D eigenvalue weighted by molar-refractivity contribution is 6.35. The third kappa shape index (κ3) is 3.18. The zero-order chi connectivity index (χ0) is 17.2. The maximum absolute atomic E-state index is 10.9. The predicted octanol–water partition coefficient (Wildman–Crippen LogP) is 3.91. The number of aliphatic carboxylic acids is 1. The van der Waals surface area contributed by atoms with Crippen LogP contribution >= 0.6 is 0 Å². The quantitative estimate of drug-likeness (QED) is 0.921. The standard InChI is InChI=1S/C20H18N2O3/c23-20(24)18-12-19(25-22-18)15-8-6-14(7-9-15)17-11-10-16(21-17)13-4-2-1-3-5-13/h1-9,17,19H,10-12H2,(H,23,24). The van der Waals surface area contributed by atoms with Gasteiger partial charge in [-0.2, -0.15) is 0 Å². The van der Waals surface area contributed by atoms with E-state index >= 15 is 0 Å². The van der Waals surface area contributed by atoms with Crippen molar-refractivity contribution in [1.82, 2.24) is 0 Å². The van der Waals surface area contributed by atoms with Crippen LogP contribution in [0.15, 0.2) is 64.7 Å². The Balaban J connectivity index is 1.47. The van der Waals surface area contributed by atoms with Crippen LogP contribution in [-0.2, 0) is 9.63 Å². The Morgan fingerprint density at radius 3 is 2.44 bits per heavy atom. The fourth-order valence-electron chi connectivity index (χ4n) is 3.30. The van der Waals surface area contributed by atoms with Gasteiger partial charge >= 0.3 is 5.97 Å². The van der Waals surface area contributed by atoms with E-state index < -0.39 is 5.97 Å². The largest absolute Gasteiger partial charge is 0.477 e. The maximum atomic E-state index is 10.9. The van der Waals surface area contributed by atoms with Gasteiger partial charge in [0.15, 0.2) is 11.8 Å². The minimum absolute atomic E-state index is 0.0713. The van der Waals surface area contributed by atoms with E-state index in [9.17, 15) is 4.79 Å². The second-order valence-electron chi connectivity index (χ2n) is 6.30. The molecule has 4 rings (SSSR count). The topological polar surface area (TPSA) is 71.2 Å². The number of carboxylic acids is 1. The molecule has 2 aliphatic heterocycles. The fourth-order valence-corrected chi connectivity index (χ4v) is 3.30. The molecule has 0 saturated carbocycles. The first-order chi connectivity index (χ1) is 12.2. The Morgan fingerprint density at radius 1 is 1.04 bits per heavy atom. The molecule has 0 bridgehead atoms. The monoisotopic (exact) mass is 334 g/mol. The second kappa shape index (κ2) is 6.51. The smallest absolute Gasteiger partial charge is 0.353 e. The first kappa shape index (κ1) is 15.6. The molecular formula is C20H18N2O3. The zero-order valence-corrected chi connectivity index (χ0v) is 13.6. The van der Waals surface area contributed by atoms with Crippen LogP contribution in [0.25, 0.3) is 0 Å². The molecule has 2 atom stereocenters. The number of rotatable bonds is 4. The van der Waals surface area contributed by atoms with Gasteiger partial charge in [-0.1, -0.05) is 59.8 Å². The molecule has 0 radical (unpaired) electrons. The third-order valence-corrected chi connectivity index (χ3v) is 4.68. The minimum Gasteiger partial charge on any atom is -0.477 e. The SMILES string of the molecule is O=C(O)C1=NOC(c2ccc(C3CCC(c4ccccc4)=N3)cc2)C1. The van der Waals surface area contributed by atoms with E-state index in [-0.39, 0.29) is 17.9 Å². The van der Waals surface area contributed by atoms with Crippen molar-refractivity contribution in [1.29, 1.82) is 0 Å². The Hall–Kier alpha value is -2.95. The summed E-state index contributed by atoms with van der Waals surface area (Å²) in [7, 11) is 0. The molecule has 0 spiro atoms. The number of carboxylic acid groups (broad SMARTS) is 1. The molecular weight excluding hydrogens is 316 g/mol. The van der Waals surface area contributed by atoms with E-state index in [1.807, 2.05) is 30.3 Å². The van der Waals surface area contributed by atoms with Gasteiger partial charge in [0.1, 0.15) is 0 Å². The summed E-state index contributed by atoms with van der Waals surface area (Å²) in [6, 6.07) is 18.5. The first-order valence-electron chi connectivity index (χ1n) is 8.38. The Kier molecular flexibility index (Phi) is 4.06. The highest BCUT2D eigenvalue weighted by Gasteiger charge is 2.27. The molecule has 0 aliphatic carbocycles. The van der Waals surface area contributed by atoms with Crippen LogP contribution in [0.2, 0.25) is 0 Å². The van der Waals surface area contributed by atoms with E-state index in [1.54, 1.807) is 0 Å². The highest BCUT2D eigenvalue weighted by atomic mass is 16.6. The summed E-state index contributed by atoms with van der Waals surface area (Å²) in [5.74, 6) is -1.02. The van der Waals surface area contributed by atoms with Gasteiger partial charge < -0.3 is 9.94 Å². The summed E-state index contributed by atoms with van der Waals surface area (Å²) in [6.45, 7) is 0. The summed E-state index contributed by atoms with van der Waals surface area (Å²) < 4.78 is 0. The summed E-state index contributed by atoms with van der Waals surface area (Å²) in [4.78, 5) is 21.0. The fraction of sp³-hybridized carbons (Fsp3) is 0.250. The number of carbonyl (C=O) groups is 1. The minimum atomic E-state index is -1.02. The molecule has 2 unspecified atom stereocenters. The number of oxime groups is 1. The molecule has 25 heavy (non-hydrogen) atoms. The van der Waals surface area contributed by atoms with Gasteiger partial charge in [0.25, 0.3) is 0 Å². The van der Waals surface area contributed by atoms with Crippen LogP contribution in [0.3, 0.4) is 0 Å². The number of aliphatic imine (C=N–C) groups is 1. The molecule has 0 amide bonds. The van der Waals surface area contributed by atoms with Crippen molar-refractivity contribution >= 4 is 17.4 Å². The Morgan fingerprint density at radius 2 is 1.76 bits per heavy atom. The second-order valence-corrected chi connectivity index (χ2v) is 6.30. The number of nitrogens with zero attached hydrogens (tertiary/aromatic N) is 2. The molecule has 1 N–H and O–H groups in total. The van der Waals surface area contributed by atoms with Gasteiger partial charge in [-0.15, -0.1) is 0 Å². The molecule has 5 nitrogen and oxygen atoms in total. The molecule has 0 fully saturated rings. The van der Waals surface area contributed by atoms with Gasteiger partial charge in [0.05, 0.1) is 6.04 Å². The van der Waals surface area contributed by atoms with Crippen molar-refractivity contribution < 1.29 is 14.7 Å².